The maximum Gasteiger partial charge on any atom is 0.342 e. The van der Waals surface area contributed by atoms with Crippen molar-refractivity contribution in [1.29, 1.82) is 0 Å². The smallest absolute Gasteiger partial charge is 0.342 e. The van der Waals surface area contributed by atoms with Crippen molar-refractivity contribution < 1.29 is 38.7 Å². The molecule has 0 saturated carbocycles. The van der Waals surface area contributed by atoms with Gasteiger partial charge in [-0.25, -0.2) is 4.79 Å². The van der Waals surface area contributed by atoms with Gasteiger partial charge in [0, 0.05) is 17.8 Å². The minimum atomic E-state index is -3.81. The fourth-order valence-corrected chi connectivity index (χ4v) is 4.19. The Bertz CT molecular complexity index is 865. The molecule has 0 amide bonds. The Labute approximate surface area is 156 Å². The molecule has 1 aliphatic heterocycles. The molecule has 1 aromatic carbocycles. The van der Waals surface area contributed by atoms with Crippen LogP contribution in [0, 0.1) is 6.92 Å². The van der Waals surface area contributed by atoms with Gasteiger partial charge in [-0.05, 0) is 32.3 Å². The summed E-state index contributed by atoms with van der Waals surface area (Å²) in [5, 5.41) is 19.7. The number of carboxylic acids is 1. The van der Waals surface area contributed by atoms with Gasteiger partial charge in [0.1, 0.15) is 29.3 Å². The maximum absolute atomic E-state index is 11.9. The molecule has 0 radical (unpaired) electrons. The van der Waals surface area contributed by atoms with E-state index in [0.29, 0.717) is 28.0 Å². The molecule has 1 aromatic rings. The molecule has 27 heavy (non-hydrogen) atoms. The monoisotopic (exact) mass is 398 g/mol. The summed E-state index contributed by atoms with van der Waals surface area (Å²) in [5.74, 6) is -1.75. The van der Waals surface area contributed by atoms with E-state index in [9.17, 15) is 24.2 Å². The zero-order chi connectivity index (χ0) is 20.5. The van der Waals surface area contributed by atoms with E-state index in [1.807, 2.05) is 0 Å². The first-order chi connectivity index (χ1) is 12.5. The minimum absolute atomic E-state index is 0.0711. The Kier molecular flexibility index (Phi) is 6.02. The van der Waals surface area contributed by atoms with Crippen LogP contribution in [0.4, 0.5) is 0 Å². The number of esters is 1. The molecule has 0 aromatic heterocycles. The number of phenols is 1. The summed E-state index contributed by atoms with van der Waals surface area (Å²) in [4.78, 5) is 32.8. The minimum Gasteiger partial charge on any atom is -0.507 e. The van der Waals surface area contributed by atoms with Crippen LogP contribution >= 0.6 is 7.37 Å². The normalized spacial score (nSPS) is 17.1. The highest BCUT2D eigenvalue weighted by Gasteiger charge is 2.33. The summed E-state index contributed by atoms with van der Waals surface area (Å²) in [6.45, 7) is 4.49. The van der Waals surface area contributed by atoms with Crippen LogP contribution in [-0.4, -0.2) is 46.5 Å². The van der Waals surface area contributed by atoms with Gasteiger partial charge in [0.15, 0.2) is 0 Å². The summed E-state index contributed by atoms with van der Waals surface area (Å²) >= 11 is 0. The SMILES string of the molecule is COc1c(C)c2c(c(O)c1C/C=C(\C)CC(C(=O)O)P(C)(=O)O)C(=O)OC2. The van der Waals surface area contributed by atoms with Crippen molar-refractivity contribution >= 4 is 19.3 Å². The quantitative estimate of drug-likeness (QED) is 0.363. The Morgan fingerprint density at radius 3 is 2.59 bits per heavy atom. The predicted molar refractivity (Wildman–Crippen MR) is 97.8 cm³/mol. The Balaban J connectivity index is 2.37. The largest absolute Gasteiger partial charge is 0.507 e. The van der Waals surface area contributed by atoms with Gasteiger partial charge in [-0.1, -0.05) is 11.6 Å². The second-order valence-corrected chi connectivity index (χ2v) is 9.18. The number of aliphatic carboxylic acids is 1. The van der Waals surface area contributed by atoms with Gasteiger partial charge in [0.2, 0.25) is 7.37 Å². The molecule has 1 aliphatic rings. The molecule has 1 heterocycles. The zero-order valence-electron chi connectivity index (χ0n) is 15.6. The lowest BCUT2D eigenvalue weighted by Gasteiger charge is -2.17. The standard InChI is InChI=1S/C18H23O8P/c1-9(7-13(17(20)21)27(4,23)24)5-6-11-15(19)14-12(8-26-18(14)22)10(2)16(11)25-3/h5,13,19H,6-8H2,1-4H3,(H,20,21)(H,23,24)/b9-5+. The van der Waals surface area contributed by atoms with Crippen molar-refractivity contribution in [2.24, 2.45) is 0 Å². The number of methoxy groups -OCH3 is 1. The summed E-state index contributed by atoms with van der Waals surface area (Å²) < 4.78 is 22.1. The molecule has 0 saturated heterocycles. The maximum atomic E-state index is 11.9. The van der Waals surface area contributed by atoms with Gasteiger partial charge >= 0.3 is 11.9 Å². The number of fused-ring (bicyclic) bond motifs is 1. The Morgan fingerprint density at radius 2 is 2.07 bits per heavy atom. The van der Waals surface area contributed by atoms with Gasteiger partial charge in [0.25, 0.3) is 0 Å². The number of allylic oxidation sites excluding steroid dienone is 2. The van der Waals surface area contributed by atoms with Crippen molar-refractivity contribution in [3.8, 4) is 11.5 Å². The number of ether oxygens (including phenoxy) is 2. The van der Waals surface area contributed by atoms with Gasteiger partial charge in [-0.3, -0.25) is 9.36 Å². The van der Waals surface area contributed by atoms with Crippen LogP contribution in [0.25, 0.3) is 0 Å². The number of carboxylic acid groups (broad SMARTS) is 1. The third kappa shape index (κ3) is 4.17. The second-order valence-electron chi connectivity index (χ2n) is 6.67. The molecule has 0 aliphatic carbocycles. The number of hydrogen-bond acceptors (Lipinski definition) is 6. The molecule has 2 unspecified atom stereocenters. The third-order valence-corrected chi connectivity index (χ3v) is 6.24. The molecule has 148 valence electrons. The van der Waals surface area contributed by atoms with E-state index in [1.165, 1.54) is 7.11 Å². The van der Waals surface area contributed by atoms with Crippen LogP contribution in [0.2, 0.25) is 0 Å². The fourth-order valence-electron chi connectivity index (χ4n) is 3.15. The van der Waals surface area contributed by atoms with Crippen LogP contribution in [0.5, 0.6) is 11.5 Å². The van der Waals surface area contributed by atoms with E-state index in [1.54, 1.807) is 19.9 Å². The molecule has 9 heteroatoms. The molecule has 3 N–H and O–H groups in total. The predicted octanol–water partition coefficient (Wildman–Crippen LogP) is 2.61. The van der Waals surface area contributed by atoms with Crippen LogP contribution in [0.3, 0.4) is 0 Å². The average Bonchev–Trinajstić information content (AvgIpc) is 2.95. The molecule has 0 bridgehead atoms. The highest BCUT2D eigenvalue weighted by Crippen LogP contribution is 2.45. The van der Waals surface area contributed by atoms with E-state index in [0.717, 1.165) is 6.66 Å². The second kappa shape index (κ2) is 7.74. The number of phenolic OH excluding ortho intramolecular Hbond substituents is 1. The van der Waals surface area contributed by atoms with Crippen molar-refractivity contribution in [1.82, 2.24) is 0 Å². The summed E-state index contributed by atoms with van der Waals surface area (Å²) in [6.07, 6.45) is 1.71. The molecule has 0 fully saturated rings. The van der Waals surface area contributed by atoms with Gasteiger partial charge < -0.3 is 24.6 Å². The first kappa shape index (κ1) is 21.0. The van der Waals surface area contributed by atoms with Crippen molar-refractivity contribution in [2.75, 3.05) is 13.8 Å². The van der Waals surface area contributed by atoms with Crippen molar-refractivity contribution in [3.05, 3.63) is 33.9 Å². The summed E-state index contributed by atoms with van der Waals surface area (Å²) in [7, 11) is -2.36. The topological polar surface area (TPSA) is 130 Å². The molecule has 2 atom stereocenters. The molecule has 8 nitrogen and oxygen atoms in total. The van der Waals surface area contributed by atoms with E-state index in [4.69, 9.17) is 14.6 Å². The number of carbonyl (C=O) groups excluding carboxylic acids is 1. The number of carbonyl (C=O) groups is 2. The van der Waals surface area contributed by atoms with Crippen LogP contribution in [-0.2, 0) is 27.1 Å². The van der Waals surface area contributed by atoms with Crippen LogP contribution in [0.15, 0.2) is 11.6 Å². The van der Waals surface area contributed by atoms with Crippen molar-refractivity contribution in [2.45, 2.75) is 39.0 Å². The van der Waals surface area contributed by atoms with Crippen LogP contribution < -0.4 is 4.74 Å². The van der Waals surface area contributed by atoms with Gasteiger partial charge in [0.05, 0.1) is 7.11 Å². The Morgan fingerprint density at radius 1 is 1.44 bits per heavy atom. The van der Waals surface area contributed by atoms with Crippen molar-refractivity contribution in [3.63, 3.8) is 0 Å². The molecular formula is C18H23O8P. The lowest BCUT2D eigenvalue weighted by atomic mass is 9.94. The lowest BCUT2D eigenvalue weighted by Crippen LogP contribution is -2.20. The Hall–Kier alpha value is -2.31. The van der Waals surface area contributed by atoms with E-state index < -0.39 is 25.0 Å². The first-order valence-electron chi connectivity index (χ1n) is 8.25. The first-order valence-corrected chi connectivity index (χ1v) is 10.4. The van der Waals surface area contributed by atoms with Gasteiger partial charge in [-0.15, -0.1) is 0 Å². The number of cyclic esters (lactones) is 1. The van der Waals surface area contributed by atoms with Crippen LogP contribution in [0.1, 0.15) is 40.4 Å². The average molecular weight is 398 g/mol. The number of benzene rings is 1. The molecule has 0 spiro atoms. The lowest BCUT2D eigenvalue weighted by molar-refractivity contribution is -0.136. The number of hydrogen-bond donors (Lipinski definition) is 3. The van der Waals surface area contributed by atoms with E-state index >= 15 is 0 Å². The third-order valence-electron chi connectivity index (χ3n) is 4.68. The molecular weight excluding hydrogens is 375 g/mol. The van der Waals surface area contributed by atoms with E-state index in [-0.39, 0.29) is 30.8 Å². The summed E-state index contributed by atoms with van der Waals surface area (Å²) in [5.41, 5.74) is 0.932. The molecule has 2 rings (SSSR count). The van der Waals surface area contributed by atoms with E-state index in [2.05, 4.69) is 0 Å². The number of rotatable bonds is 7. The number of aromatic hydroxyl groups is 1. The zero-order valence-corrected chi connectivity index (χ0v) is 16.5. The fraction of sp³-hybridized carbons (Fsp3) is 0.444. The highest BCUT2D eigenvalue weighted by molar-refractivity contribution is 7.59. The highest BCUT2D eigenvalue weighted by atomic mass is 31.2. The summed E-state index contributed by atoms with van der Waals surface area (Å²) in [6, 6.07) is 0. The van der Waals surface area contributed by atoms with Gasteiger partial charge in [-0.2, -0.15) is 0 Å².